The molecule has 1 fully saturated rings. The number of ether oxygens (including phenoxy) is 4. The molecule has 1 aliphatic rings. The summed E-state index contributed by atoms with van der Waals surface area (Å²) < 4.78 is 27.5. The summed E-state index contributed by atoms with van der Waals surface area (Å²) in [7, 11) is 0. The van der Waals surface area contributed by atoms with Gasteiger partial charge in [0, 0.05) is 39.7 Å². The highest BCUT2D eigenvalue weighted by Gasteiger charge is 2.51. The minimum atomic E-state index is -1.13. The van der Waals surface area contributed by atoms with Crippen molar-refractivity contribution in [2.24, 2.45) is 0 Å². The number of hydrogen-bond acceptors (Lipinski definition) is 10. The third kappa shape index (κ3) is 8.13. The van der Waals surface area contributed by atoms with E-state index >= 15 is 0 Å². The number of benzene rings is 1. The first-order valence-electron chi connectivity index (χ1n) is 9.90. The summed E-state index contributed by atoms with van der Waals surface area (Å²) in [5.74, 6) is -2.28. The van der Waals surface area contributed by atoms with E-state index < -0.39 is 53.6 Å². The van der Waals surface area contributed by atoms with E-state index in [2.05, 4.69) is 5.32 Å². The lowest BCUT2D eigenvalue weighted by atomic mass is 9.97. The zero-order chi connectivity index (χ0) is 23.7. The lowest BCUT2D eigenvalue weighted by molar-refractivity contribution is -0.212. The van der Waals surface area contributed by atoms with Crippen molar-refractivity contribution in [3.05, 3.63) is 35.9 Å². The monoisotopic (exact) mass is 469 g/mol. The number of amides is 1. The van der Waals surface area contributed by atoms with E-state index in [-0.39, 0.29) is 13.2 Å². The van der Waals surface area contributed by atoms with Crippen LogP contribution in [-0.2, 0) is 48.9 Å². The van der Waals surface area contributed by atoms with Gasteiger partial charge in [-0.25, -0.2) is 0 Å². The van der Waals surface area contributed by atoms with Gasteiger partial charge in [0.05, 0.1) is 6.61 Å². The fraction of sp³-hybridized carbons (Fsp3) is 0.524. The molecule has 5 atom stereocenters. The van der Waals surface area contributed by atoms with Crippen molar-refractivity contribution < 1.29 is 42.3 Å². The van der Waals surface area contributed by atoms with Crippen LogP contribution in [0.2, 0.25) is 0 Å². The molecule has 0 bridgehead atoms. The molecule has 1 saturated heterocycles. The van der Waals surface area contributed by atoms with Gasteiger partial charge in [-0.2, -0.15) is 0 Å². The molecule has 2 rings (SSSR count). The Hall–Kier alpha value is -2.63. The predicted octanol–water partition coefficient (Wildman–Crippen LogP) is 1.51. The van der Waals surface area contributed by atoms with Crippen LogP contribution in [0.5, 0.6) is 0 Å². The molecule has 1 aromatic rings. The molecule has 0 spiro atoms. The molecule has 1 aromatic carbocycles. The van der Waals surface area contributed by atoms with Gasteiger partial charge in [-0.15, -0.1) is 0 Å². The van der Waals surface area contributed by atoms with Crippen molar-refractivity contribution in [2.75, 3.05) is 6.61 Å². The van der Waals surface area contributed by atoms with Gasteiger partial charge in [0.1, 0.15) is 18.8 Å². The fourth-order valence-electron chi connectivity index (χ4n) is 3.12. The molecule has 11 heteroatoms. The molecule has 32 heavy (non-hydrogen) atoms. The van der Waals surface area contributed by atoms with E-state index in [9.17, 15) is 19.2 Å². The van der Waals surface area contributed by atoms with Crippen molar-refractivity contribution in [3.63, 3.8) is 0 Å². The molecule has 1 heterocycles. The summed E-state index contributed by atoms with van der Waals surface area (Å²) in [5, 5.41) is 2.68. The highest BCUT2D eigenvalue weighted by molar-refractivity contribution is 7.95. The van der Waals surface area contributed by atoms with Crippen LogP contribution in [0.4, 0.5) is 0 Å². The Bertz CT molecular complexity index is 804. The summed E-state index contributed by atoms with van der Waals surface area (Å²) in [6, 6.07) is 8.48. The Kier molecular flexibility index (Phi) is 9.95. The van der Waals surface area contributed by atoms with Gasteiger partial charge in [0.2, 0.25) is 5.91 Å². The van der Waals surface area contributed by atoms with Crippen LogP contribution in [0.15, 0.2) is 30.3 Å². The summed E-state index contributed by atoms with van der Waals surface area (Å²) in [5.41, 5.74) is 0.0528. The molecule has 10 nitrogen and oxygen atoms in total. The van der Waals surface area contributed by atoms with E-state index in [1.807, 2.05) is 30.3 Å². The summed E-state index contributed by atoms with van der Waals surface area (Å²) in [6.45, 7) is 4.89. The van der Waals surface area contributed by atoms with Gasteiger partial charge in [-0.3, -0.25) is 19.2 Å². The second kappa shape index (κ2) is 12.4. The summed E-state index contributed by atoms with van der Waals surface area (Å²) in [4.78, 5) is 46.7. The van der Waals surface area contributed by atoms with Gasteiger partial charge in [0.15, 0.2) is 17.6 Å². The Morgan fingerprint density at radius 3 is 2.12 bits per heavy atom. The van der Waals surface area contributed by atoms with Gasteiger partial charge in [-0.05, 0) is 5.56 Å². The van der Waals surface area contributed by atoms with E-state index in [1.165, 1.54) is 27.7 Å². The maximum absolute atomic E-state index is 11.9. The first-order chi connectivity index (χ1) is 15.2. The van der Waals surface area contributed by atoms with Crippen molar-refractivity contribution >= 4 is 35.9 Å². The smallest absolute Gasteiger partial charge is 0.303 e. The summed E-state index contributed by atoms with van der Waals surface area (Å²) >= 11 is 0.923. The van der Waals surface area contributed by atoms with Gasteiger partial charge in [0.25, 0.3) is 0 Å². The van der Waals surface area contributed by atoms with Crippen molar-refractivity contribution in [1.29, 1.82) is 0 Å². The normalized spacial score (nSPS) is 24.8. The van der Waals surface area contributed by atoms with E-state index in [4.69, 9.17) is 23.1 Å². The number of carbonyl (C=O) groups is 4. The van der Waals surface area contributed by atoms with Crippen LogP contribution in [0.3, 0.4) is 0 Å². The minimum absolute atomic E-state index is 0.248. The number of nitrogens with one attached hydrogen (secondary N) is 1. The zero-order valence-electron chi connectivity index (χ0n) is 18.3. The van der Waals surface area contributed by atoms with Crippen molar-refractivity contribution in [1.82, 2.24) is 5.32 Å². The SMILES string of the molecule is CC(=O)NC1C(SOCc2ccccc2)OC(COC(C)=O)C(OC(C)=O)C1OC(C)=O. The molecule has 0 aromatic heterocycles. The molecular formula is C21H27NO9S. The second-order valence-electron chi connectivity index (χ2n) is 7.06. The van der Waals surface area contributed by atoms with Crippen LogP contribution in [0, 0.1) is 0 Å². The van der Waals surface area contributed by atoms with Crippen molar-refractivity contribution in [3.8, 4) is 0 Å². The third-order valence-electron chi connectivity index (χ3n) is 4.30. The Balaban J connectivity index is 2.28. The van der Waals surface area contributed by atoms with E-state index in [0.717, 1.165) is 17.6 Å². The third-order valence-corrected chi connectivity index (χ3v) is 5.15. The van der Waals surface area contributed by atoms with Crippen LogP contribution in [-0.4, -0.2) is 60.2 Å². The highest BCUT2D eigenvalue weighted by Crippen LogP contribution is 2.33. The van der Waals surface area contributed by atoms with E-state index in [1.54, 1.807) is 0 Å². The quantitative estimate of drug-likeness (QED) is 0.323. The topological polar surface area (TPSA) is 126 Å². The first kappa shape index (κ1) is 25.6. The van der Waals surface area contributed by atoms with E-state index in [0.29, 0.717) is 0 Å². The molecular weight excluding hydrogens is 442 g/mol. The number of esters is 3. The molecule has 0 aliphatic carbocycles. The minimum Gasteiger partial charge on any atom is -0.463 e. The molecule has 0 radical (unpaired) electrons. The Labute approximate surface area is 190 Å². The number of hydrogen-bond donors (Lipinski definition) is 1. The lowest BCUT2D eigenvalue weighted by Gasteiger charge is -2.44. The molecule has 1 amide bonds. The largest absolute Gasteiger partial charge is 0.463 e. The predicted molar refractivity (Wildman–Crippen MR) is 113 cm³/mol. The van der Waals surface area contributed by atoms with Crippen LogP contribution < -0.4 is 5.32 Å². The van der Waals surface area contributed by atoms with Gasteiger partial charge >= 0.3 is 17.9 Å². The first-order valence-corrected chi connectivity index (χ1v) is 10.7. The van der Waals surface area contributed by atoms with Crippen LogP contribution in [0.1, 0.15) is 33.3 Å². The van der Waals surface area contributed by atoms with Crippen molar-refractivity contribution in [2.45, 2.75) is 64.1 Å². The van der Waals surface area contributed by atoms with Gasteiger partial charge in [-0.1, -0.05) is 30.3 Å². The second-order valence-corrected chi connectivity index (χ2v) is 7.96. The summed E-state index contributed by atoms with van der Waals surface area (Å²) in [6.07, 6.45) is -3.19. The standard InChI is InChI=1S/C21H27NO9S/c1-12(23)22-18-20(30-15(4)26)19(29-14(3)25)17(11-27-13(2)24)31-21(18)32-28-10-16-8-6-5-7-9-16/h5-9,17-21H,10-11H2,1-4H3,(H,22,23). The molecule has 5 unspecified atom stereocenters. The fourth-order valence-corrected chi connectivity index (χ4v) is 3.99. The number of rotatable bonds is 9. The lowest BCUT2D eigenvalue weighted by Crippen LogP contribution is -2.65. The van der Waals surface area contributed by atoms with Crippen LogP contribution >= 0.6 is 12.0 Å². The molecule has 0 saturated carbocycles. The molecule has 1 aliphatic heterocycles. The Morgan fingerprint density at radius 1 is 0.938 bits per heavy atom. The Morgan fingerprint density at radius 2 is 1.56 bits per heavy atom. The highest BCUT2D eigenvalue weighted by atomic mass is 32.2. The number of carbonyl (C=O) groups excluding carboxylic acids is 4. The zero-order valence-corrected chi connectivity index (χ0v) is 19.1. The molecule has 1 N–H and O–H groups in total. The maximum atomic E-state index is 11.9. The van der Waals surface area contributed by atoms with Gasteiger partial charge < -0.3 is 28.4 Å². The average molecular weight is 470 g/mol. The maximum Gasteiger partial charge on any atom is 0.303 e. The molecule has 176 valence electrons. The van der Waals surface area contributed by atoms with Crippen LogP contribution in [0.25, 0.3) is 0 Å². The average Bonchev–Trinajstić information content (AvgIpc) is 2.70.